The number of carbonyl (C=O) groups is 1. The van der Waals surface area contributed by atoms with Crippen LogP contribution in [-0.2, 0) is 0 Å². The van der Waals surface area contributed by atoms with Crippen LogP contribution in [-0.4, -0.2) is 46.5 Å². The van der Waals surface area contributed by atoms with E-state index in [1.54, 1.807) is 24.3 Å². The Morgan fingerprint density at radius 2 is 2.03 bits per heavy atom. The standard InChI is InChI=1S/C20H17N7O4/c1-10(28)11-2-6-14(7-3-11)31-20-24-16-12(8-15-17(29)25-19(30)23-15)9-21-27(16)18(26-20)22-13-4-5-13/h2-3,6-9,13,29H,4-5H2,1H3,(H2,23,25,30)/b12-8+,22-18?. The number of rotatable bonds is 5. The smallest absolute Gasteiger partial charge is 0.327 e. The molecular formula is C20H17N7O4. The van der Waals surface area contributed by atoms with Crippen LogP contribution in [0.5, 0.6) is 17.6 Å². The van der Waals surface area contributed by atoms with Gasteiger partial charge in [-0.25, -0.2) is 9.79 Å². The molecule has 1 aliphatic carbocycles. The van der Waals surface area contributed by atoms with Gasteiger partial charge in [0.05, 0.1) is 12.2 Å². The molecule has 3 heterocycles. The molecule has 1 saturated carbocycles. The molecule has 0 amide bonds. The summed E-state index contributed by atoms with van der Waals surface area (Å²) in [4.78, 5) is 41.0. The largest absolute Gasteiger partial charge is 0.493 e. The predicted octanol–water partition coefficient (Wildman–Crippen LogP) is 0.452. The van der Waals surface area contributed by atoms with Gasteiger partial charge in [0.2, 0.25) is 5.88 Å². The summed E-state index contributed by atoms with van der Waals surface area (Å²) in [6, 6.07) is 6.89. The maximum Gasteiger partial charge on any atom is 0.327 e. The van der Waals surface area contributed by atoms with E-state index in [9.17, 15) is 14.7 Å². The minimum absolute atomic E-state index is 0.0415. The number of Topliss-reactive ketones (excluding diaryl/α,β-unsaturated/α-hetero) is 1. The average Bonchev–Trinajstić information content (AvgIpc) is 3.37. The molecule has 3 N–H and O–H groups in total. The predicted molar refractivity (Wildman–Crippen MR) is 108 cm³/mol. The molecule has 1 aliphatic rings. The Hall–Kier alpha value is -4.28. The number of ketones is 1. The van der Waals surface area contributed by atoms with Crippen molar-refractivity contribution in [3.8, 4) is 17.6 Å². The van der Waals surface area contributed by atoms with Gasteiger partial charge < -0.3 is 14.8 Å². The van der Waals surface area contributed by atoms with E-state index in [4.69, 9.17) is 4.74 Å². The number of imidazole rings is 1. The van der Waals surface area contributed by atoms with Gasteiger partial charge in [0, 0.05) is 10.8 Å². The Kier molecular flexibility index (Phi) is 4.35. The second-order valence-corrected chi connectivity index (χ2v) is 7.17. The van der Waals surface area contributed by atoms with Crippen LogP contribution in [0.15, 0.2) is 40.2 Å². The second kappa shape index (κ2) is 7.20. The monoisotopic (exact) mass is 419 g/mol. The fourth-order valence-corrected chi connectivity index (χ4v) is 2.97. The number of ether oxygens (including phenoxy) is 1. The van der Waals surface area contributed by atoms with E-state index in [-0.39, 0.29) is 29.4 Å². The van der Waals surface area contributed by atoms with Crippen LogP contribution in [0.2, 0.25) is 0 Å². The van der Waals surface area contributed by atoms with Crippen molar-refractivity contribution in [2.75, 3.05) is 0 Å². The van der Waals surface area contributed by atoms with Crippen molar-refractivity contribution in [1.82, 2.24) is 29.5 Å². The van der Waals surface area contributed by atoms with Crippen molar-refractivity contribution in [1.29, 1.82) is 0 Å². The number of hydrogen-bond acceptors (Lipinski definition) is 8. The van der Waals surface area contributed by atoms with Gasteiger partial charge in [-0.05, 0) is 50.1 Å². The first kappa shape index (κ1) is 18.7. The molecule has 0 spiro atoms. The molecule has 0 unspecified atom stereocenters. The molecule has 31 heavy (non-hydrogen) atoms. The fourth-order valence-electron chi connectivity index (χ4n) is 2.97. The number of nitrogens with one attached hydrogen (secondary N) is 2. The lowest BCUT2D eigenvalue weighted by molar-refractivity contribution is 0.101. The van der Waals surface area contributed by atoms with E-state index in [2.05, 4.69) is 30.0 Å². The highest BCUT2D eigenvalue weighted by Gasteiger charge is 2.21. The summed E-state index contributed by atoms with van der Waals surface area (Å²) in [5, 5.41) is 14.7. The van der Waals surface area contributed by atoms with Crippen LogP contribution in [0.25, 0.3) is 11.7 Å². The van der Waals surface area contributed by atoms with Gasteiger partial charge >= 0.3 is 11.7 Å². The number of carbonyl (C=O) groups excluding carboxylic acids is 1. The summed E-state index contributed by atoms with van der Waals surface area (Å²) in [5.74, 6) is 0.132. The van der Waals surface area contributed by atoms with Crippen molar-refractivity contribution >= 4 is 17.5 Å². The number of nitrogens with zero attached hydrogens (tertiary/aromatic N) is 5. The van der Waals surface area contributed by atoms with Crippen molar-refractivity contribution in [2.45, 2.75) is 25.8 Å². The summed E-state index contributed by atoms with van der Waals surface area (Å²) in [5.41, 5.74) is 0.973. The van der Waals surface area contributed by atoms with E-state index >= 15 is 0 Å². The van der Waals surface area contributed by atoms with Crippen LogP contribution in [0, 0.1) is 0 Å². The van der Waals surface area contributed by atoms with Crippen molar-refractivity contribution in [2.24, 2.45) is 4.99 Å². The van der Waals surface area contributed by atoms with Gasteiger partial charge in [-0.2, -0.15) is 19.6 Å². The molecule has 5 rings (SSSR count). The third-order valence-electron chi connectivity index (χ3n) is 4.71. The Morgan fingerprint density at radius 1 is 1.26 bits per heavy atom. The van der Waals surface area contributed by atoms with E-state index in [1.165, 1.54) is 23.7 Å². The molecule has 0 bridgehead atoms. The number of aromatic nitrogens is 6. The van der Waals surface area contributed by atoms with Crippen molar-refractivity contribution < 1.29 is 14.6 Å². The van der Waals surface area contributed by atoms with Crippen LogP contribution in [0.3, 0.4) is 0 Å². The summed E-state index contributed by atoms with van der Waals surface area (Å²) in [7, 11) is 0. The van der Waals surface area contributed by atoms with E-state index < -0.39 is 5.69 Å². The molecule has 11 heteroatoms. The Bertz CT molecular complexity index is 1480. The van der Waals surface area contributed by atoms with Crippen LogP contribution in [0.4, 0.5) is 0 Å². The van der Waals surface area contributed by atoms with Gasteiger partial charge in [0.15, 0.2) is 11.4 Å². The third-order valence-corrected chi connectivity index (χ3v) is 4.71. The average molecular weight is 419 g/mol. The zero-order chi connectivity index (χ0) is 21.5. The molecule has 1 aromatic carbocycles. The van der Waals surface area contributed by atoms with Crippen LogP contribution < -0.4 is 21.3 Å². The number of fused-ring (bicyclic) bond motifs is 1. The van der Waals surface area contributed by atoms with Gasteiger partial charge in [0.1, 0.15) is 11.4 Å². The Labute approximate surface area is 173 Å². The van der Waals surface area contributed by atoms with Gasteiger partial charge in [-0.15, -0.1) is 0 Å². The fraction of sp³-hybridized carbons (Fsp3) is 0.200. The molecule has 0 saturated heterocycles. The highest BCUT2D eigenvalue weighted by Crippen LogP contribution is 2.22. The Balaban J connectivity index is 1.62. The van der Waals surface area contributed by atoms with Crippen molar-refractivity contribution in [3.05, 3.63) is 63.0 Å². The van der Waals surface area contributed by atoms with Gasteiger partial charge in [0.25, 0.3) is 5.62 Å². The molecule has 1 fully saturated rings. The first-order valence-electron chi connectivity index (χ1n) is 9.58. The SMILES string of the molecule is CC(=O)c1ccc(Oc2nc(=NC3CC3)n3nc/c(=C\c4[nH]c(=O)[nH]c4O)c3n2)cc1. The highest BCUT2D eigenvalue weighted by atomic mass is 16.5. The number of aromatic hydroxyl groups is 1. The molecule has 4 aromatic rings. The number of H-pyrrole nitrogens is 2. The quantitative estimate of drug-likeness (QED) is 0.397. The first-order chi connectivity index (χ1) is 15.0. The van der Waals surface area contributed by atoms with Crippen molar-refractivity contribution in [3.63, 3.8) is 0 Å². The molecular weight excluding hydrogens is 402 g/mol. The molecule has 0 radical (unpaired) electrons. The Morgan fingerprint density at radius 3 is 2.68 bits per heavy atom. The highest BCUT2D eigenvalue weighted by molar-refractivity contribution is 5.94. The molecule has 3 aromatic heterocycles. The van der Waals surface area contributed by atoms with E-state index in [0.717, 1.165) is 12.8 Å². The summed E-state index contributed by atoms with van der Waals surface area (Å²) < 4.78 is 7.29. The number of benzene rings is 1. The molecule has 0 atom stereocenters. The molecule has 156 valence electrons. The zero-order valence-electron chi connectivity index (χ0n) is 16.4. The lowest BCUT2D eigenvalue weighted by Crippen LogP contribution is -2.23. The second-order valence-electron chi connectivity index (χ2n) is 7.17. The van der Waals surface area contributed by atoms with Gasteiger partial charge in [-0.1, -0.05) is 0 Å². The maximum atomic E-state index is 11.5. The molecule has 11 nitrogen and oxygen atoms in total. The summed E-state index contributed by atoms with van der Waals surface area (Å²) >= 11 is 0. The third kappa shape index (κ3) is 3.80. The van der Waals surface area contributed by atoms with Crippen LogP contribution in [0.1, 0.15) is 35.8 Å². The van der Waals surface area contributed by atoms with E-state index in [1.807, 2.05) is 0 Å². The lowest BCUT2D eigenvalue weighted by Gasteiger charge is -2.05. The normalized spacial score (nSPS) is 15.0. The molecule has 0 aliphatic heterocycles. The maximum absolute atomic E-state index is 11.5. The first-order valence-corrected chi connectivity index (χ1v) is 9.58. The topological polar surface area (TPSA) is 151 Å². The summed E-state index contributed by atoms with van der Waals surface area (Å²) in [6.45, 7) is 1.49. The lowest BCUT2D eigenvalue weighted by atomic mass is 10.1. The number of hydrogen-bond donors (Lipinski definition) is 3. The minimum Gasteiger partial charge on any atom is -0.493 e. The van der Waals surface area contributed by atoms with Crippen LogP contribution >= 0.6 is 0 Å². The van der Waals surface area contributed by atoms with E-state index in [0.29, 0.717) is 27.8 Å². The number of aromatic amines is 2. The van der Waals surface area contributed by atoms with Gasteiger partial charge in [-0.3, -0.25) is 9.78 Å². The summed E-state index contributed by atoms with van der Waals surface area (Å²) in [6.07, 6.45) is 5.03. The minimum atomic E-state index is -0.530. The zero-order valence-corrected chi connectivity index (χ0v) is 16.4.